The molecule has 0 saturated carbocycles. The van der Waals surface area contributed by atoms with E-state index in [0.29, 0.717) is 17.6 Å². The zero-order valence-corrected chi connectivity index (χ0v) is 15.5. The maximum absolute atomic E-state index is 10.5. The Balaban J connectivity index is 1.96. The summed E-state index contributed by atoms with van der Waals surface area (Å²) in [7, 11) is 0. The van der Waals surface area contributed by atoms with E-state index in [1.807, 2.05) is 6.92 Å². The number of nitrogens with one attached hydrogen (secondary N) is 2. The van der Waals surface area contributed by atoms with E-state index in [1.165, 1.54) is 11.1 Å². The summed E-state index contributed by atoms with van der Waals surface area (Å²) in [6, 6.07) is 12.1. The second kappa shape index (κ2) is 8.72. The Morgan fingerprint density at radius 1 is 1.24 bits per heavy atom. The van der Waals surface area contributed by atoms with Crippen LogP contribution in [0.5, 0.6) is 0 Å². The molecule has 1 aromatic heterocycles. The van der Waals surface area contributed by atoms with Gasteiger partial charge in [0.25, 0.3) is 0 Å². The molecule has 0 radical (unpaired) electrons. The lowest BCUT2D eigenvalue weighted by Crippen LogP contribution is -2.40. The van der Waals surface area contributed by atoms with Gasteiger partial charge in [-0.15, -0.1) is 0 Å². The smallest absolute Gasteiger partial charge is 0.191 e. The molecule has 3 N–H and O–H groups in total. The fourth-order valence-electron chi connectivity index (χ4n) is 2.50. The van der Waals surface area contributed by atoms with Gasteiger partial charge in [0.15, 0.2) is 5.96 Å². The van der Waals surface area contributed by atoms with Gasteiger partial charge in [0.1, 0.15) is 11.4 Å². The van der Waals surface area contributed by atoms with Gasteiger partial charge in [-0.2, -0.15) is 0 Å². The molecular formula is C20H29N3O2. The molecule has 5 nitrogen and oxygen atoms in total. The largest absolute Gasteiger partial charge is 0.466 e. The van der Waals surface area contributed by atoms with E-state index in [-0.39, 0.29) is 6.54 Å². The highest BCUT2D eigenvalue weighted by Crippen LogP contribution is 2.21. The molecule has 0 aliphatic rings. The van der Waals surface area contributed by atoms with Gasteiger partial charge in [0.05, 0.1) is 12.8 Å². The predicted molar refractivity (Wildman–Crippen MR) is 102 cm³/mol. The van der Waals surface area contributed by atoms with Gasteiger partial charge < -0.3 is 20.2 Å². The molecule has 2 atom stereocenters. The van der Waals surface area contributed by atoms with Crippen molar-refractivity contribution in [1.29, 1.82) is 0 Å². The summed E-state index contributed by atoms with van der Waals surface area (Å²) in [5.74, 6) is 1.56. The van der Waals surface area contributed by atoms with Crippen molar-refractivity contribution in [2.45, 2.75) is 39.2 Å². The van der Waals surface area contributed by atoms with Crippen LogP contribution in [0.4, 0.5) is 0 Å². The third-order valence-corrected chi connectivity index (χ3v) is 4.16. The van der Waals surface area contributed by atoms with Gasteiger partial charge in [-0.05, 0) is 44.4 Å². The van der Waals surface area contributed by atoms with Crippen molar-refractivity contribution in [2.24, 2.45) is 4.99 Å². The number of aryl methyl sites for hydroxylation is 1. The maximum Gasteiger partial charge on any atom is 0.191 e. The van der Waals surface area contributed by atoms with Crippen molar-refractivity contribution in [2.75, 3.05) is 19.6 Å². The van der Waals surface area contributed by atoms with Crippen molar-refractivity contribution < 1.29 is 9.52 Å². The Labute approximate surface area is 150 Å². The van der Waals surface area contributed by atoms with Gasteiger partial charge >= 0.3 is 0 Å². The molecule has 0 bridgehead atoms. The molecule has 0 spiro atoms. The van der Waals surface area contributed by atoms with Crippen LogP contribution in [-0.4, -0.2) is 30.7 Å². The van der Waals surface area contributed by atoms with Crippen molar-refractivity contribution in [3.63, 3.8) is 0 Å². The molecular weight excluding hydrogens is 314 g/mol. The summed E-state index contributed by atoms with van der Waals surface area (Å²) in [4.78, 5) is 4.51. The Morgan fingerprint density at radius 2 is 1.96 bits per heavy atom. The fraction of sp³-hybridized carbons (Fsp3) is 0.450. The Morgan fingerprint density at radius 3 is 2.56 bits per heavy atom. The Hall–Kier alpha value is -2.27. The zero-order valence-electron chi connectivity index (χ0n) is 15.5. The Bertz CT molecular complexity index is 661. The van der Waals surface area contributed by atoms with Crippen LogP contribution in [0.2, 0.25) is 0 Å². The van der Waals surface area contributed by atoms with Crippen LogP contribution in [-0.2, 0) is 5.60 Å². The summed E-state index contributed by atoms with van der Waals surface area (Å²) < 4.78 is 5.30. The standard InChI is InChI=1S/C20H29N3O2/c1-5-21-19(23-14-20(4,24)18-7-6-12-25-18)22-13-16(3)17-10-8-15(2)9-11-17/h6-12,16,24H,5,13-14H2,1-4H3,(H2,21,22,23). The summed E-state index contributed by atoms with van der Waals surface area (Å²) in [5, 5.41) is 17.1. The fourth-order valence-corrected chi connectivity index (χ4v) is 2.50. The number of guanidine groups is 1. The number of nitrogens with zero attached hydrogens (tertiary/aromatic N) is 1. The molecule has 0 saturated heterocycles. The molecule has 136 valence electrons. The number of aliphatic hydroxyl groups is 1. The predicted octanol–water partition coefficient (Wildman–Crippen LogP) is 3.15. The van der Waals surface area contributed by atoms with Crippen LogP contribution >= 0.6 is 0 Å². The zero-order chi connectivity index (χ0) is 18.3. The second-order valence-electron chi connectivity index (χ2n) is 6.64. The normalized spacial score (nSPS) is 15.5. The minimum absolute atomic E-state index is 0.217. The van der Waals surface area contributed by atoms with E-state index in [9.17, 15) is 5.11 Å². The highest BCUT2D eigenvalue weighted by atomic mass is 16.4. The second-order valence-corrected chi connectivity index (χ2v) is 6.64. The summed E-state index contributed by atoms with van der Waals surface area (Å²) >= 11 is 0. The third kappa shape index (κ3) is 5.64. The number of hydrogen-bond donors (Lipinski definition) is 3. The molecule has 1 heterocycles. The SMILES string of the molecule is CCNC(=NCC(C)(O)c1ccco1)NCC(C)c1ccc(C)cc1. The number of aliphatic imine (C=N–C) groups is 1. The van der Waals surface area contributed by atoms with Gasteiger partial charge in [0.2, 0.25) is 0 Å². The summed E-state index contributed by atoms with van der Waals surface area (Å²) in [6.07, 6.45) is 1.56. The minimum atomic E-state index is -1.13. The molecule has 5 heteroatoms. The lowest BCUT2D eigenvalue weighted by atomic mass is 10.0. The number of rotatable bonds is 7. The maximum atomic E-state index is 10.5. The van der Waals surface area contributed by atoms with Crippen molar-refractivity contribution in [3.05, 3.63) is 59.5 Å². The van der Waals surface area contributed by atoms with Gasteiger partial charge in [-0.25, -0.2) is 4.99 Å². The topological polar surface area (TPSA) is 69.8 Å². The average molecular weight is 343 g/mol. The highest BCUT2D eigenvalue weighted by Gasteiger charge is 2.26. The van der Waals surface area contributed by atoms with Crippen molar-refractivity contribution in [1.82, 2.24) is 10.6 Å². The quantitative estimate of drug-likeness (QED) is 0.533. The third-order valence-electron chi connectivity index (χ3n) is 4.16. The van der Waals surface area contributed by atoms with E-state index in [1.54, 1.807) is 25.3 Å². The van der Waals surface area contributed by atoms with Crippen LogP contribution < -0.4 is 10.6 Å². The van der Waals surface area contributed by atoms with Crippen molar-refractivity contribution in [3.8, 4) is 0 Å². The van der Waals surface area contributed by atoms with Crippen LogP contribution in [0.3, 0.4) is 0 Å². The van der Waals surface area contributed by atoms with E-state index < -0.39 is 5.60 Å². The first-order valence-corrected chi connectivity index (χ1v) is 8.77. The van der Waals surface area contributed by atoms with E-state index >= 15 is 0 Å². The molecule has 25 heavy (non-hydrogen) atoms. The molecule has 1 aromatic carbocycles. The number of hydrogen-bond acceptors (Lipinski definition) is 3. The first kappa shape index (κ1) is 19.1. The molecule has 2 unspecified atom stereocenters. The molecule has 0 fully saturated rings. The van der Waals surface area contributed by atoms with Crippen LogP contribution in [0.1, 0.15) is 43.6 Å². The van der Waals surface area contributed by atoms with E-state index in [0.717, 1.165) is 13.1 Å². The van der Waals surface area contributed by atoms with Gasteiger partial charge in [-0.3, -0.25) is 0 Å². The van der Waals surface area contributed by atoms with Gasteiger partial charge in [-0.1, -0.05) is 36.8 Å². The molecule has 2 rings (SSSR count). The van der Waals surface area contributed by atoms with Crippen molar-refractivity contribution >= 4 is 5.96 Å². The summed E-state index contributed by atoms with van der Waals surface area (Å²) in [5.41, 5.74) is 1.42. The molecule has 0 aliphatic carbocycles. The molecule has 0 amide bonds. The monoisotopic (exact) mass is 343 g/mol. The minimum Gasteiger partial charge on any atom is -0.466 e. The summed E-state index contributed by atoms with van der Waals surface area (Å²) in [6.45, 7) is 9.73. The van der Waals surface area contributed by atoms with Crippen LogP contribution in [0.15, 0.2) is 52.1 Å². The first-order chi connectivity index (χ1) is 11.9. The number of benzene rings is 1. The highest BCUT2D eigenvalue weighted by molar-refractivity contribution is 5.79. The lowest BCUT2D eigenvalue weighted by molar-refractivity contribution is 0.0437. The molecule has 0 aliphatic heterocycles. The average Bonchev–Trinajstić information content (AvgIpc) is 3.13. The Kier molecular flexibility index (Phi) is 6.65. The number of furan rings is 1. The van der Waals surface area contributed by atoms with Gasteiger partial charge in [0, 0.05) is 13.1 Å². The van der Waals surface area contributed by atoms with E-state index in [2.05, 4.69) is 53.7 Å². The molecule has 2 aromatic rings. The van der Waals surface area contributed by atoms with E-state index in [4.69, 9.17) is 4.42 Å². The van der Waals surface area contributed by atoms with Crippen LogP contribution in [0, 0.1) is 6.92 Å². The first-order valence-electron chi connectivity index (χ1n) is 8.77. The van der Waals surface area contributed by atoms with Crippen LogP contribution in [0.25, 0.3) is 0 Å². The lowest BCUT2D eigenvalue weighted by Gasteiger charge is -2.20.